The summed E-state index contributed by atoms with van der Waals surface area (Å²) in [5.41, 5.74) is 1.35. The fraction of sp³-hybridized carbons (Fsp3) is 0.500. The molecule has 3 atom stereocenters. The number of rotatable bonds is 3. The third-order valence-electron chi connectivity index (χ3n) is 6.96. The SMILES string of the molecule is COc1cccc([C@H]2CN(C(=O)c3ccc(=O)n(C)n3)[C@H]3C4CCN(CC4)[C@@H]23)c1. The molecule has 4 aliphatic rings. The predicted octanol–water partition coefficient (Wildman–Crippen LogP) is 1.49. The van der Waals surface area contributed by atoms with E-state index in [0.29, 0.717) is 24.2 Å². The average molecular weight is 394 g/mol. The molecule has 2 bridgehead atoms. The molecule has 4 fully saturated rings. The van der Waals surface area contributed by atoms with Crippen LogP contribution >= 0.6 is 0 Å². The van der Waals surface area contributed by atoms with Gasteiger partial charge in [0.05, 0.1) is 13.2 Å². The summed E-state index contributed by atoms with van der Waals surface area (Å²) in [6.45, 7) is 2.87. The summed E-state index contributed by atoms with van der Waals surface area (Å²) in [7, 11) is 3.27. The molecule has 4 saturated heterocycles. The van der Waals surface area contributed by atoms with Gasteiger partial charge in [-0.3, -0.25) is 14.5 Å². The van der Waals surface area contributed by atoms with E-state index in [1.54, 1.807) is 20.2 Å². The Balaban J connectivity index is 1.53. The number of methoxy groups -OCH3 is 1. The van der Waals surface area contributed by atoms with Crippen molar-refractivity contribution in [2.75, 3.05) is 26.7 Å². The average Bonchev–Trinajstić information content (AvgIpc) is 3.19. The standard InChI is InChI=1S/C22H26N4O3/c1-24-19(27)7-6-18(23-24)22(28)26-13-17(15-4-3-5-16(12-15)29-2)21-20(26)14-8-10-25(21)11-9-14/h3-7,12,14,17,20-21H,8-11,13H2,1-2H3/t17-,20+,21+/m1/s1. The first-order valence-electron chi connectivity index (χ1n) is 10.3. The molecule has 7 heteroatoms. The van der Waals surface area contributed by atoms with Crippen LogP contribution in [0.2, 0.25) is 0 Å². The van der Waals surface area contributed by atoms with Crippen LogP contribution in [-0.2, 0) is 7.05 Å². The number of fused-ring (bicyclic) bond motifs is 2. The number of hydrogen-bond acceptors (Lipinski definition) is 5. The number of carbonyl (C=O) groups is 1. The molecule has 5 heterocycles. The van der Waals surface area contributed by atoms with E-state index in [2.05, 4.69) is 22.1 Å². The molecule has 152 valence electrons. The zero-order chi connectivity index (χ0) is 20.1. The largest absolute Gasteiger partial charge is 0.497 e. The van der Waals surface area contributed by atoms with Crippen LogP contribution in [0.1, 0.15) is 34.8 Å². The van der Waals surface area contributed by atoms with Gasteiger partial charge in [-0.2, -0.15) is 5.10 Å². The maximum Gasteiger partial charge on any atom is 0.274 e. The Morgan fingerprint density at radius 2 is 1.93 bits per heavy atom. The molecule has 29 heavy (non-hydrogen) atoms. The monoisotopic (exact) mass is 394 g/mol. The molecule has 0 radical (unpaired) electrons. The number of ether oxygens (including phenoxy) is 1. The van der Waals surface area contributed by atoms with Gasteiger partial charge in [0.15, 0.2) is 0 Å². The number of carbonyl (C=O) groups excluding carboxylic acids is 1. The highest BCUT2D eigenvalue weighted by Gasteiger charge is 2.54. The topological polar surface area (TPSA) is 67.7 Å². The summed E-state index contributed by atoms with van der Waals surface area (Å²) < 4.78 is 6.68. The van der Waals surface area contributed by atoms with Crippen molar-refractivity contribution in [3.05, 3.63) is 58.0 Å². The van der Waals surface area contributed by atoms with Gasteiger partial charge in [-0.25, -0.2) is 4.68 Å². The van der Waals surface area contributed by atoms with E-state index in [0.717, 1.165) is 31.7 Å². The zero-order valence-corrected chi connectivity index (χ0v) is 16.8. The molecule has 0 unspecified atom stereocenters. The minimum atomic E-state index is -0.210. The van der Waals surface area contributed by atoms with Crippen LogP contribution in [0.3, 0.4) is 0 Å². The predicted molar refractivity (Wildman–Crippen MR) is 108 cm³/mol. The minimum Gasteiger partial charge on any atom is -0.497 e. The van der Waals surface area contributed by atoms with Crippen LogP contribution in [0, 0.1) is 5.92 Å². The molecule has 1 amide bonds. The van der Waals surface area contributed by atoms with Gasteiger partial charge in [-0.15, -0.1) is 0 Å². The highest BCUT2D eigenvalue weighted by molar-refractivity contribution is 5.92. The normalized spacial score (nSPS) is 30.3. The van der Waals surface area contributed by atoms with Gasteiger partial charge in [-0.1, -0.05) is 12.1 Å². The number of hydrogen-bond donors (Lipinski definition) is 0. The molecule has 1 aromatic heterocycles. The summed E-state index contributed by atoms with van der Waals surface area (Å²) in [4.78, 5) is 29.7. The molecule has 0 spiro atoms. The van der Waals surface area contributed by atoms with E-state index < -0.39 is 0 Å². The Morgan fingerprint density at radius 1 is 1.14 bits per heavy atom. The number of aromatic nitrogens is 2. The molecule has 1 aromatic carbocycles. The summed E-state index contributed by atoms with van der Waals surface area (Å²) >= 11 is 0. The van der Waals surface area contributed by atoms with Gasteiger partial charge in [0.25, 0.3) is 11.5 Å². The van der Waals surface area contributed by atoms with E-state index >= 15 is 0 Å². The summed E-state index contributed by atoms with van der Waals surface area (Å²) in [6.07, 6.45) is 2.27. The quantitative estimate of drug-likeness (QED) is 0.789. The highest BCUT2D eigenvalue weighted by Crippen LogP contribution is 2.47. The van der Waals surface area contributed by atoms with Crippen LogP contribution in [0.4, 0.5) is 0 Å². The minimum absolute atomic E-state index is 0.0743. The smallest absolute Gasteiger partial charge is 0.274 e. The van der Waals surface area contributed by atoms with Crippen LogP contribution < -0.4 is 10.3 Å². The first kappa shape index (κ1) is 18.4. The molecular formula is C22H26N4O3. The van der Waals surface area contributed by atoms with Crippen LogP contribution in [-0.4, -0.2) is 64.3 Å². The fourth-order valence-corrected chi connectivity index (χ4v) is 5.58. The second-order valence-electron chi connectivity index (χ2n) is 8.38. The van der Waals surface area contributed by atoms with Gasteiger partial charge < -0.3 is 9.64 Å². The van der Waals surface area contributed by atoms with Gasteiger partial charge in [0.2, 0.25) is 0 Å². The summed E-state index contributed by atoms with van der Waals surface area (Å²) in [6, 6.07) is 11.7. The molecular weight excluding hydrogens is 368 g/mol. The number of aryl methyl sites for hydroxylation is 1. The highest BCUT2D eigenvalue weighted by atomic mass is 16.5. The molecule has 0 N–H and O–H groups in total. The number of piperidine rings is 3. The second-order valence-corrected chi connectivity index (χ2v) is 8.38. The Morgan fingerprint density at radius 3 is 2.66 bits per heavy atom. The van der Waals surface area contributed by atoms with Crippen LogP contribution in [0.15, 0.2) is 41.2 Å². The van der Waals surface area contributed by atoms with E-state index in [1.807, 2.05) is 17.0 Å². The number of amides is 1. The molecule has 0 saturated carbocycles. The van der Waals surface area contributed by atoms with Crippen molar-refractivity contribution in [2.24, 2.45) is 13.0 Å². The lowest BCUT2D eigenvalue weighted by Crippen LogP contribution is -2.60. The molecule has 2 aromatic rings. The van der Waals surface area contributed by atoms with Gasteiger partial charge in [0, 0.05) is 31.6 Å². The maximum absolute atomic E-state index is 13.4. The molecule has 0 aliphatic carbocycles. The second kappa shape index (κ2) is 6.99. The summed E-state index contributed by atoms with van der Waals surface area (Å²) in [5, 5.41) is 4.22. The molecule has 7 nitrogen and oxygen atoms in total. The van der Waals surface area contributed by atoms with Crippen molar-refractivity contribution in [1.29, 1.82) is 0 Å². The van der Waals surface area contributed by atoms with Crippen molar-refractivity contribution in [1.82, 2.24) is 19.6 Å². The fourth-order valence-electron chi connectivity index (χ4n) is 5.58. The first-order valence-corrected chi connectivity index (χ1v) is 10.3. The van der Waals surface area contributed by atoms with Crippen molar-refractivity contribution < 1.29 is 9.53 Å². The van der Waals surface area contributed by atoms with Crippen molar-refractivity contribution in [3.63, 3.8) is 0 Å². The molecule has 4 aliphatic heterocycles. The lowest BCUT2D eigenvalue weighted by atomic mass is 9.75. The van der Waals surface area contributed by atoms with E-state index in [-0.39, 0.29) is 23.4 Å². The van der Waals surface area contributed by atoms with Gasteiger partial charge >= 0.3 is 0 Å². The zero-order valence-electron chi connectivity index (χ0n) is 16.8. The summed E-state index contributed by atoms with van der Waals surface area (Å²) in [5.74, 6) is 1.54. The Kier molecular flexibility index (Phi) is 4.42. The third-order valence-corrected chi connectivity index (χ3v) is 6.96. The molecule has 6 rings (SSSR count). The maximum atomic E-state index is 13.4. The van der Waals surface area contributed by atoms with Crippen LogP contribution in [0.5, 0.6) is 5.75 Å². The van der Waals surface area contributed by atoms with Crippen LogP contribution in [0.25, 0.3) is 0 Å². The Labute approximate surface area is 169 Å². The third kappa shape index (κ3) is 2.95. The first-order chi connectivity index (χ1) is 14.1. The van der Waals surface area contributed by atoms with E-state index in [1.165, 1.54) is 16.3 Å². The van der Waals surface area contributed by atoms with E-state index in [9.17, 15) is 9.59 Å². The van der Waals surface area contributed by atoms with Crippen molar-refractivity contribution >= 4 is 5.91 Å². The Hall–Kier alpha value is -2.67. The van der Waals surface area contributed by atoms with Gasteiger partial charge in [0.1, 0.15) is 11.4 Å². The van der Waals surface area contributed by atoms with Crippen molar-refractivity contribution in [3.8, 4) is 5.75 Å². The number of benzene rings is 1. The lowest BCUT2D eigenvalue weighted by molar-refractivity contribution is -0.00365. The lowest BCUT2D eigenvalue weighted by Gasteiger charge is -2.51. The van der Waals surface area contributed by atoms with Gasteiger partial charge in [-0.05, 0) is 55.6 Å². The Bertz CT molecular complexity index is 996. The number of likely N-dealkylation sites (tertiary alicyclic amines) is 1. The van der Waals surface area contributed by atoms with E-state index in [4.69, 9.17) is 4.74 Å². The van der Waals surface area contributed by atoms with Crippen molar-refractivity contribution in [2.45, 2.75) is 30.8 Å². The number of nitrogens with zero attached hydrogens (tertiary/aromatic N) is 4.